The smallest absolute Gasteiger partial charge is 0.239 e. The van der Waals surface area contributed by atoms with Crippen molar-refractivity contribution in [2.75, 3.05) is 38.0 Å². The van der Waals surface area contributed by atoms with Gasteiger partial charge in [0.2, 0.25) is 5.91 Å². The number of amides is 1. The van der Waals surface area contributed by atoms with Gasteiger partial charge in [0, 0.05) is 24.8 Å². The van der Waals surface area contributed by atoms with Crippen molar-refractivity contribution in [3.8, 4) is 6.07 Å². The van der Waals surface area contributed by atoms with Crippen molar-refractivity contribution in [1.29, 1.82) is 5.26 Å². The van der Waals surface area contributed by atoms with Gasteiger partial charge in [0.25, 0.3) is 0 Å². The Morgan fingerprint density at radius 3 is 2.58 bits per heavy atom. The molecule has 0 bridgehead atoms. The molecule has 0 spiro atoms. The van der Waals surface area contributed by atoms with Crippen LogP contribution in [0.5, 0.6) is 0 Å². The molecule has 2 aliphatic rings. The Bertz CT molecular complexity index is 953. The Morgan fingerprint density at radius 2 is 1.87 bits per heavy atom. The molecule has 2 aliphatic heterocycles. The standard InChI is InChI=1S/C25H33N5O/c1-19-20(2)30(16-21-9-4-3-5-10-21)25(23(19)15-26)27-24(31)18-29-14-8-11-22(29)17-28-12-6-7-13-28/h3-5,9-10,22H,6-8,11-14,16-18H2,1-2H3,(H,27,31). The van der Waals surface area contributed by atoms with Gasteiger partial charge in [-0.3, -0.25) is 9.69 Å². The second-order valence-electron chi connectivity index (χ2n) is 8.94. The van der Waals surface area contributed by atoms with E-state index in [9.17, 15) is 10.1 Å². The molecule has 0 saturated carbocycles. The number of hydrogen-bond acceptors (Lipinski definition) is 4. The highest BCUT2D eigenvalue weighted by Crippen LogP contribution is 2.28. The highest BCUT2D eigenvalue weighted by atomic mass is 16.2. The van der Waals surface area contributed by atoms with Gasteiger partial charge in [0.15, 0.2) is 0 Å². The first kappa shape index (κ1) is 21.6. The molecule has 6 nitrogen and oxygen atoms in total. The Morgan fingerprint density at radius 1 is 1.13 bits per heavy atom. The molecule has 31 heavy (non-hydrogen) atoms. The van der Waals surface area contributed by atoms with Crippen molar-refractivity contribution in [3.63, 3.8) is 0 Å². The predicted octanol–water partition coefficient (Wildman–Crippen LogP) is 3.52. The monoisotopic (exact) mass is 419 g/mol. The van der Waals surface area contributed by atoms with Crippen molar-refractivity contribution < 1.29 is 4.79 Å². The van der Waals surface area contributed by atoms with Gasteiger partial charge in [-0.2, -0.15) is 5.26 Å². The molecule has 2 aromatic rings. The van der Waals surface area contributed by atoms with Crippen molar-refractivity contribution in [3.05, 3.63) is 52.7 Å². The minimum absolute atomic E-state index is 0.0309. The molecular formula is C25H33N5O. The summed E-state index contributed by atoms with van der Waals surface area (Å²) in [7, 11) is 0. The minimum Gasteiger partial charge on any atom is -0.326 e. The lowest BCUT2D eigenvalue weighted by Gasteiger charge is -2.28. The predicted molar refractivity (Wildman–Crippen MR) is 123 cm³/mol. The van der Waals surface area contributed by atoms with Gasteiger partial charge in [0.1, 0.15) is 11.9 Å². The molecule has 1 aromatic heterocycles. The van der Waals surface area contributed by atoms with Gasteiger partial charge in [-0.15, -0.1) is 0 Å². The van der Waals surface area contributed by atoms with E-state index in [-0.39, 0.29) is 5.91 Å². The van der Waals surface area contributed by atoms with Gasteiger partial charge in [-0.25, -0.2) is 0 Å². The maximum Gasteiger partial charge on any atom is 0.239 e. The molecule has 4 rings (SSSR count). The van der Waals surface area contributed by atoms with E-state index in [1.807, 2.05) is 32.0 Å². The van der Waals surface area contributed by atoms with Crippen LogP contribution in [0.1, 0.15) is 48.1 Å². The number of carbonyl (C=O) groups is 1. The molecule has 2 fully saturated rings. The van der Waals surface area contributed by atoms with Crippen molar-refractivity contribution in [1.82, 2.24) is 14.4 Å². The van der Waals surface area contributed by atoms with Gasteiger partial charge >= 0.3 is 0 Å². The first-order chi connectivity index (χ1) is 15.1. The number of anilines is 1. The zero-order chi connectivity index (χ0) is 21.8. The van der Waals surface area contributed by atoms with E-state index in [1.54, 1.807) is 0 Å². The maximum atomic E-state index is 13.1. The van der Waals surface area contributed by atoms with E-state index in [1.165, 1.54) is 25.9 Å². The summed E-state index contributed by atoms with van der Waals surface area (Å²) in [6, 6.07) is 12.9. The van der Waals surface area contributed by atoms with E-state index in [0.29, 0.717) is 30.5 Å². The minimum atomic E-state index is -0.0309. The fraction of sp³-hybridized carbons (Fsp3) is 0.520. The van der Waals surface area contributed by atoms with Crippen LogP contribution < -0.4 is 5.32 Å². The van der Waals surface area contributed by atoms with Gasteiger partial charge < -0.3 is 14.8 Å². The van der Waals surface area contributed by atoms with Crippen LogP contribution in [0, 0.1) is 25.2 Å². The largest absolute Gasteiger partial charge is 0.326 e. The molecule has 2 saturated heterocycles. The third-order valence-corrected chi connectivity index (χ3v) is 6.90. The lowest BCUT2D eigenvalue weighted by molar-refractivity contribution is -0.117. The first-order valence-electron chi connectivity index (χ1n) is 11.5. The van der Waals surface area contributed by atoms with E-state index in [0.717, 1.165) is 42.8 Å². The molecule has 1 aromatic carbocycles. The Labute approximate surface area is 185 Å². The molecule has 1 unspecified atom stereocenters. The summed E-state index contributed by atoms with van der Waals surface area (Å²) in [5.41, 5.74) is 3.66. The fourth-order valence-electron chi connectivity index (χ4n) is 5.02. The van der Waals surface area contributed by atoms with Gasteiger partial charge in [-0.05, 0) is 70.3 Å². The third kappa shape index (κ3) is 4.84. The second kappa shape index (κ2) is 9.67. The van der Waals surface area contributed by atoms with Crippen LogP contribution in [0.15, 0.2) is 30.3 Å². The number of hydrogen-bond donors (Lipinski definition) is 1. The lowest BCUT2D eigenvalue weighted by atomic mass is 10.2. The summed E-state index contributed by atoms with van der Waals surface area (Å²) in [6.45, 7) is 9.41. The van der Waals surface area contributed by atoms with E-state index < -0.39 is 0 Å². The number of benzene rings is 1. The molecule has 1 N–H and O–H groups in total. The van der Waals surface area contributed by atoms with Crippen LogP contribution in [0.4, 0.5) is 5.82 Å². The zero-order valence-electron chi connectivity index (χ0n) is 18.7. The quantitative estimate of drug-likeness (QED) is 0.746. The number of carbonyl (C=O) groups excluding carboxylic acids is 1. The number of rotatable bonds is 7. The van der Waals surface area contributed by atoms with Crippen LogP contribution in [0.2, 0.25) is 0 Å². The average Bonchev–Trinajstić information content (AvgIpc) is 3.48. The Balaban J connectivity index is 1.48. The van der Waals surface area contributed by atoms with Crippen LogP contribution in [0.3, 0.4) is 0 Å². The summed E-state index contributed by atoms with van der Waals surface area (Å²) in [5.74, 6) is 0.596. The molecule has 0 radical (unpaired) electrons. The average molecular weight is 420 g/mol. The highest BCUT2D eigenvalue weighted by Gasteiger charge is 2.29. The third-order valence-electron chi connectivity index (χ3n) is 6.90. The summed E-state index contributed by atoms with van der Waals surface area (Å²) in [4.78, 5) is 17.9. The van der Waals surface area contributed by atoms with E-state index in [2.05, 4.69) is 37.9 Å². The van der Waals surface area contributed by atoms with Crippen LogP contribution in [-0.2, 0) is 11.3 Å². The molecule has 1 atom stereocenters. The molecule has 0 aliphatic carbocycles. The zero-order valence-corrected chi connectivity index (χ0v) is 18.7. The molecule has 6 heteroatoms. The van der Waals surface area contributed by atoms with E-state index >= 15 is 0 Å². The Kier molecular flexibility index (Phi) is 6.74. The van der Waals surface area contributed by atoms with Crippen LogP contribution in [0.25, 0.3) is 0 Å². The number of nitrogens with one attached hydrogen (secondary N) is 1. The van der Waals surface area contributed by atoms with Crippen molar-refractivity contribution in [2.45, 2.75) is 52.1 Å². The SMILES string of the molecule is Cc1c(C#N)c(NC(=O)CN2CCCC2CN2CCCC2)n(Cc2ccccc2)c1C. The summed E-state index contributed by atoms with van der Waals surface area (Å²) >= 11 is 0. The van der Waals surface area contributed by atoms with E-state index in [4.69, 9.17) is 0 Å². The highest BCUT2D eigenvalue weighted by molar-refractivity contribution is 5.93. The maximum absolute atomic E-state index is 13.1. The summed E-state index contributed by atoms with van der Waals surface area (Å²) in [6.07, 6.45) is 4.90. The van der Waals surface area contributed by atoms with Crippen molar-refractivity contribution >= 4 is 11.7 Å². The van der Waals surface area contributed by atoms with Crippen molar-refractivity contribution in [2.24, 2.45) is 0 Å². The second-order valence-corrected chi connectivity index (χ2v) is 8.94. The lowest BCUT2D eigenvalue weighted by Crippen LogP contribution is -2.43. The number of nitriles is 1. The fourth-order valence-corrected chi connectivity index (χ4v) is 5.02. The van der Waals surface area contributed by atoms with Gasteiger partial charge in [0.05, 0.1) is 12.1 Å². The molecule has 164 valence electrons. The molecule has 3 heterocycles. The normalized spacial score (nSPS) is 19.6. The van der Waals surface area contributed by atoms with Gasteiger partial charge in [-0.1, -0.05) is 30.3 Å². The number of aromatic nitrogens is 1. The van der Waals surface area contributed by atoms with Crippen LogP contribution >= 0.6 is 0 Å². The summed E-state index contributed by atoms with van der Waals surface area (Å²) in [5, 5.41) is 12.9. The molecular weight excluding hydrogens is 386 g/mol. The van der Waals surface area contributed by atoms with Crippen LogP contribution in [-0.4, -0.2) is 59.0 Å². The Hall–Kier alpha value is -2.62. The number of likely N-dealkylation sites (tertiary alicyclic amines) is 2. The topological polar surface area (TPSA) is 64.3 Å². The molecule has 1 amide bonds. The number of nitrogens with zero attached hydrogens (tertiary/aromatic N) is 4. The summed E-state index contributed by atoms with van der Waals surface area (Å²) < 4.78 is 2.06. The first-order valence-corrected chi connectivity index (χ1v) is 11.5.